The van der Waals surface area contributed by atoms with Crippen molar-refractivity contribution in [3.63, 3.8) is 0 Å². The Kier molecular flexibility index (Phi) is 8.45. The molecule has 18 heteroatoms. The van der Waals surface area contributed by atoms with Crippen LogP contribution in [0.15, 0.2) is 10.5 Å². The highest BCUT2D eigenvalue weighted by atomic mass is 32.2. The fourth-order valence-electron chi connectivity index (χ4n) is 2.40. The molecule has 2 atom stereocenters. The molecule has 1 saturated heterocycles. The lowest BCUT2D eigenvalue weighted by molar-refractivity contribution is -0.161. The summed E-state index contributed by atoms with van der Waals surface area (Å²) in [5.41, 5.74) is 3.18. The lowest BCUT2D eigenvalue weighted by Gasteiger charge is -2.43. The van der Waals surface area contributed by atoms with Crippen LogP contribution in [0.5, 0.6) is 0 Å². The van der Waals surface area contributed by atoms with Crippen molar-refractivity contribution in [1.29, 1.82) is 0 Å². The third-order valence-electron chi connectivity index (χ3n) is 4.16. The van der Waals surface area contributed by atoms with E-state index in [2.05, 4.69) is 20.8 Å². The molecule has 1 aliphatic rings. The second-order valence-electron chi connectivity index (χ2n) is 7.22. The first kappa shape index (κ1) is 27.3. The first-order chi connectivity index (χ1) is 15.6. The number of hydrogen-bond donors (Lipinski definition) is 5. The monoisotopic (exact) mass is 538 g/mol. The van der Waals surface area contributed by atoms with Crippen molar-refractivity contribution in [1.82, 2.24) is 19.9 Å². The van der Waals surface area contributed by atoms with Crippen LogP contribution in [0.3, 0.4) is 0 Å². The minimum atomic E-state index is -4.92. The second-order valence-corrected chi connectivity index (χ2v) is 10.6. The van der Waals surface area contributed by atoms with E-state index < -0.39 is 50.8 Å². The van der Waals surface area contributed by atoms with Crippen LogP contribution in [0.2, 0.25) is 0 Å². The number of aliphatic carboxylic acids is 1. The van der Waals surface area contributed by atoms with Crippen molar-refractivity contribution in [2.24, 2.45) is 5.16 Å². The number of amides is 3. The number of carboxylic acid groups (broad SMARTS) is 1. The molecule has 2 heterocycles. The summed E-state index contributed by atoms with van der Waals surface area (Å²) in [6.07, 6.45) is 0. The van der Waals surface area contributed by atoms with E-state index in [0.717, 1.165) is 23.1 Å². The molecule has 1 fully saturated rings. The van der Waals surface area contributed by atoms with Crippen LogP contribution in [0.25, 0.3) is 0 Å². The van der Waals surface area contributed by atoms with E-state index in [1.165, 1.54) is 26.2 Å². The molecule has 15 nitrogen and oxygen atoms in total. The quantitative estimate of drug-likeness (QED) is 0.0722. The zero-order valence-corrected chi connectivity index (χ0v) is 20.5. The maximum atomic E-state index is 12.9. The number of carbonyl (C=O) groups is 4. The maximum absolute atomic E-state index is 12.9. The highest BCUT2D eigenvalue weighted by Gasteiger charge is 2.54. The van der Waals surface area contributed by atoms with Gasteiger partial charge in [-0.05, 0) is 13.8 Å². The van der Waals surface area contributed by atoms with Crippen LogP contribution in [0.1, 0.15) is 26.5 Å². The molecule has 0 aromatic carbocycles. The van der Waals surface area contributed by atoms with E-state index in [1.807, 2.05) is 0 Å². The van der Waals surface area contributed by atoms with Crippen molar-refractivity contribution in [2.45, 2.75) is 37.8 Å². The molecule has 1 aromatic rings. The number of nitrogens with zero attached hydrogens (tertiary/aromatic N) is 3. The van der Waals surface area contributed by atoms with Gasteiger partial charge in [-0.15, -0.1) is 23.1 Å². The van der Waals surface area contributed by atoms with Crippen molar-refractivity contribution < 1.29 is 42.1 Å². The fourth-order valence-corrected chi connectivity index (χ4v) is 5.26. The molecule has 34 heavy (non-hydrogen) atoms. The number of nitrogen functional groups attached to an aromatic ring is 1. The molecule has 188 valence electrons. The summed E-state index contributed by atoms with van der Waals surface area (Å²) in [5.74, 6) is -3.70. The molecule has 3 amide bonds. The van der Waals surface area contributed by atoms with Gasteiger partial charge in [-0.3, -0.25) is 18.9 Å². The number of oxime groups is 1. The second kappa shape index (κ2) is 10.5. The van der Waals surface area contributed by atoms with Gasteiger partial charge in [-0.2, -0.15) is 12.7 Å². The number of nitrogens with two attached hydrogens (primary N) is 1. The fraction of sp³-hybridized carbons (Fsp3) is 0.500. The number of carbonyl (C=O) groups excluding carboxylic acids is 3. The van der Waals surface area contributed by atoms with Crippen LogP contribution < -0.4 is 16.4 Å². The minimum absolute atomic E-state index is 0.0664. The Labute approximate surface area is 202 Å². The van der Waals surface area contributed by atoms with Gasteiger partial charge in [-0.25, -0.2) is 9.78 Å². The van der Waals surface area contributed by atoms with E-state index in [4.69, 9.17) is 10.6 Å². The molecule has 2 rings (SSSR count). The molecule has 0 aliphatic carbocycles. The van der Waals surface area contributed by atoms with Gasteiger partial charge in [0.05, 0.1) is 0 Å². The molecule has 0 radical (unpaired) electrons. The predicted molar refractivity (Wildman–Crippen MR) is 121 cm³/mol. The number of carboxylic acids is 1. The summed E-state index contributed by atoms with van der Waals surface area (Å²) < 4.78 is 32.7. The van der Waals surface area contributed by atoms with Gasteiger partial charge in [0.1, 0.15) is 17.1 Å². The maximum Gasteiger partial charge on any atom is 0.363 e. The minimum Gasteiger partial charge on any atom is -0.478 e. The zero-order valence-electron chi connectivity index (χ0n) is 18.0. The first-order valence-electron chi connectivity index (χ1n) is 9.33. The third kappa shape index (κ3) is 6.55. The summed E-state index contributed by atoms with van der Waals surface area (Å²) in [4.78, 5) is 56.4. The summed E-state index contributed by atoms with van der Waals surface area (Å²) in [6, 6.07) is -1.40. The molecule has 0 saturated carbocycles. The number of aromatic nitrogens is 1. The number of β-lactam (4-membered cyclic amide) rings is 1. The first-order valence-corrected chi connectivity index (χ1v) is 12.7. The SMILES string of the molecule is CC(=O)NCCS[C@@H]1[C@H](NC(=O)/C(=N\OC(C)(C)C(=O)O)c2csc(N)n2)C(=O)N1S(=O)(=O)O. The molecule has 1 aromatic heterocycles. The molecular weight excluding hydrogens is 516 g/mol. The third-order valence-corrected chi connectivity index (χ3v) is 7.14. The zero-order chi connectivity index (χ0) is 25.8. The Morgan fingerprint density at radius 3 is 2.56 bits per heavy atom. The molecule has 0 bridgehead atoms. The van der Waals surface area contributed by atoms with Crippen molar-refractivity contribution in [3.05, 3.63) is 11.1 Å². The summed E-state index contributed by atoms with van der Waals surface area (Å²) in [5, 5.41) is 17.7. The van der Waals surface area contributed by atoms with Crippen LogP contribution >= 0.6 is 23.1 Å². The van der Waals surface area contributed by atoms with Crippen LogP contribution in [0, 0.1) is 0 Å². The van der Waals surface area contributed by atoms with Gasteiger partial charge in [0.25, 0.3) is 11.8 Å². The molecule has 0 spiro atoms. The Morgan fingerprint density at radius 2 is 2.06 bits per heavy atom. The Bertz CT molecular complexity index is 1120. The van der Waals surface area contributed by atoms with E-state index in [9.17, 15) is 37.3 Å². The summed E-state index contributed by atoms with van der Waals surface area (Å²) in [7, 11) is -4.92. The molecule has 6 N–H and O–H groups in total. The van der Waals surface area contributed by atoms with E-state index in [1.54, 1.807) is 0 Å². The van der Waals surface area contributed by atoms with E-state index >= 15 is 0 Å². The van der Waals surface area contributed by atoms with Crippen LogP contribution in [-0.2, 0) is 34.3 Å². The highest BCUT2D eigenvalue weighted by molar-refractivity contribution is 8.00. The largest absolute Gasteiger partial charge is 0.478 e. The average molecular weight is 539 g/mol. The van der Waals surface area contributed by atoms with Crippen molar-refractivity contribution in [3.8, 4) is 0 Å². The number of nitrogens with one attached hydrogen (secondary N) is 2. The van der Waals surface area contributed by atoms with Gasteiger partial charge in [0.15, 0.2) is 10.8 Å². The highest BCUT2D eigenvalue weighted by Crippen LogP contribution is 2.32. The van der Waals surface area contributed by atoms with E-state index in [-0.39, 0.29) is 33.3 Å². The smallest absolute Gasteiger partial charge is 0.363 e. The molecular formula is C16H22N6O9S3. The van der Waals surface area contributed by atoms with E-state index in [0.29, 0.717) is 0 Å². The Hall–Kier alpha value is -2.96. The Balaban J connectivity index is 2.26. The van der Waals surface area contributed by atoms with Gasteiger partial charge in [-0.1, -0.05) is 5.16 Å². The Morgan fingerprint density at radius 1 is 1.41 bits per heavy atom. The standard InChI is InChI=1S/C16H22N6O9S3/c1-7(23)18-4-5-32-13-10(12(25)22(13)34(28,29)30)20-11(24)9(8-6-33-15(17)19-8)21-31-16(2,3)14(26)27/h6,10,13H,4-5H2,1-3H3,(H2,17,19)(H,18,23)(H,20,24)(H,26,27)(H,28,29,30)/b21-9-/t10-,13-/m1/s1. The number of rotatable bonds is 11. The van der Waals surface area contributed by atoms with Crippen LogP contribution in [-0.4, -0.2) is 86.1 Å². The number of anilines is 1. The summed E-state index contributed by atoms with van der Waals surface area (Å²) >= 11 is 1.84. The summed E-state index contributed by atoms with van der Waals surface area (Å²) in [6.45, 7) is 3.79. The van der Waals surface area contributed by atoms with Gasteiger partial charge < -0.3 is 26.3 Å². The van der Waals surface area contributed by atoms with Crippen molar-refractivity contribution >= 4 is 67.9 Å². The number of hydrogen-bond acceptors (Lipinski definition) is 12. The van der Waals surface area contributed by atoms with Crippen LogP contribution in [0.4, 0.5) is 5.13 Å². The van der Waals surface area contributed by atoms with Crippen molar-refractivity contribution in [2.75, 3.05) is 18.0 Å². The molecule has 0 unspecified atom stereocenters. The number of thioether (sulfide) groups is 1. The lowest BCUT2D eigenvalue weighted by atomic mass is 10.1. The van der Waals surface area contributed by atoms with Gasteiger partial charge in [0, 0.05) is 24.6 Å². The van der Waals surface area contributed by atoms with Gasteiger partial charge >= 0.3 is 16.3 Å². The average Bonchev–Trinajstić information content (AvgIpc) is 3.12. The lowest BCUT2D eigenvalue weighted by Crippen LogP contribution is -2.71. The topological polar surface area (TPSA) is 231 Å². The molecule has 1 aliphatic heterocycles. The predicted octanol–water partition coefficient (Wildman–Crippen LogP) is -1.37. The van der Waals surface area contributed by atoms with Gasteiger partial charge in [0.2, 0.25) is 11.5 Å². The normalized spacial score (nSPS) is 18.8. The number of thiazole rings is 1.